The van der Waals surface area contributed by atoms with Crippen LogP contribution in [0, 0.1) is 5.92 Å². The Hall–Kier alpha value is -0.750. The zero-order chi connectivity index (χ0) is 15.4. The van der Waals surface area contributed by atoms with Gasteiger partial charge in [-0.1, -0.05) is 0 Å². The molecule has 2 N–H and O–H groups in total. The molecule has 0 radical (unpaired) electrons. The van der Waals surface area contributed by atoms with Crippen LogP contribution < -0.4 is 10.6 Å². The minimum absolute atomic E-state index is 0.00351. The van der Waals surface area contributed by atoms with Crippen molar-refractivity contribution >= 4 is 23.6 Å². The van der Waals surface area contributed by atoms with Crippen LogP contribution >= 0.6 is 11.8 Å². The number of piperidine rings is 1. The van der Waals surface area contributed by atoms with Crippen LogP contribution in [0.3, 0.4) is 0 Å². The molecule has 0 aromatic carbocycles. The quantitative estimate of drug-likeness (QED) is 0.809. The lowest BCUT2D eigenvalue weighted by atomic mass is 9.97. The number of carbonyl (C=O) groups is 2. The number of nitrogens with one attached hydrogen (secondary N) is 2. The Balaban J connectivity index is 1.43. The van der Waals surface area contributed by atoms with Gasteiger partial charge < -0.3 is 15.5 Å². The van der Waals surface area contributed by atoms with Gasteiger partial charge in [-0.15, -0.1) is 11.8 Å². The highest BCUT2D eigenvalue weighted by Gasteiger charge is 2.31. The first kappa shape index (κ1) is 16.1. The summed E-state index contributed by atoms with van der Waals surface area (Å²) in [4.78, 5) is 26.6. The maximum atomic E-state index is 12.5. The Morgan fingerprint density at radius 3 is 2.82 bits per heavy atom. The van der Waals surface area contributed by atoms with Crippen LogP contribution in [0.25, 0.3) is 0 Å². The van der Waals surface area contributed by atoms with Gasteiger partial charge >= 0.3 is 0 Å². The van der Waals surface area contributed by atoms with Gasteiger partial charge in [0.15, 0.2) is 0 Å². The zero-order valence-corrected chi connectivity index (χ0v) is 14.0. The monoisotopic (exact) mass is 325 g/mol. The summed E-state index contributed by atoms with van der Waals surface area (Å²) >= 11 is 1.81. The summed E-state index contributed by atoms with van der Waals surface area (Å²) in [6, 6.07) is -0.00351. The van der Waals surface area contributed by atoms with Gasteiger partial charge in [-0.05, 0) is 56.7 Å². The molecule has 0 bridgehead atoms. The van der Waals surface area contributed by atoms with Crippen LogP contribution in [-0.2, 0) is 9.59 Å². The number of amides is 2. The van der Waals surface area contributed by atoms with E-state index in [1.807, 2.05) is 16.7 Å². The number of thioether (sulfide) groups is 1. The number of carbonyl (C=O) groups excluding carboxylic acids is 2. The summed E-state index contributed by atoms with van der Waals surface area (Å²) in [5.41, 5.74) is 0. The third-order valence-corrected chi connectivity index (χ3v) is 6.34. The largest absolute Gasteiger partial charge is 0.354 e. The maximum Gasteiger partial charge on any atom is 0.237 e. The van der Waals surface area contributed by atoms with E-state index in [0.29, 0.717) is 18.4 Å². The van der Waals surface area contributed by atoms with Gasteiger partial charge in [0.05, 0.1) is 11.3 Å². The fourth-order valence-corrected chi connectivity index (χ4v) is 4.93. The highest BCUT2D eigenvalue weighted by molar-refractivity contribution is 8.00. The Morgan fingerprint density at radius 2 is 2.09 bits per heavy atom. The van der Waals surface area contributed by atoms with E-state index in [0.717, 1.165) is 57.5 Å². The lowest BCUT2D eigenvalue weighted by Crippen LogP contribution is -2.48. The molecule has 2 amide bonds. The number of likely N-dealkylation sites (tertiary alicyclic amines) is 1. The molecular formula is C16H27N3O2S. The van der Waals surface area contributed by atoms with Crippen LogP contribution in [0.1, 0.15) is 38.5 Å². The second kappa shape index (κ2) is 7.68. The number of hydrogen-bond donors (Lipinski definition) is 2. The molecule has 3 aliphatic heterocycles. The van der Waals surface area contributed by atoms with Crippen molar-refractivity contribution in [3.63, 3.8) is 0 Å². The van der Waals surface area contributed by atoms with Gasteiger partial charge in [0.25, 0.3) is 0 Å². The van der Waals surface area contributed by atoms with Crippen molar-refractivity contribution in [1.29, 1.82) is 0 Å². The van der Waals surface area contributed by atoms with Crippen LogP contribution in [0.5, 0.6) is 0 Å². The third-order valence-electron chi connectivity index (χ3n) is 4.98. The maximum absolute atomic E-state index is 12.5. The molecule has 3 atom stereocenters. The normalized spacial score (nSPS) is 32.2. The molecule has 0 saturated carbocycles. The van der Waals surface area contributed by atoms with E-state index in [9.17, 15) is 9.59 Å². The van der Waals surface area contributed by atoms with Crippen molar-refractivity contribution in [3.05, 3.63) is 0 Å². The average molecular weight is 325 g/mol. The first-order valence-electron chi connectivity index (χ1n) is 8.65. The van der Waals surface area contributed by atoms with E-state index < -0.39 is 0 Å². The van der Waals surface area contributed by atoms with Crippen molar-refractivity contribution in [3.8, 4) is 0 Å². The van der Waals surface area contributed by atoms with Gasteiger partial charge in [0.1, 0.15) is 0 Å². The molecule has 3 fully saturated rings. The molecule has 3 aliphatic rings. The number of hydrogen-bond acceptors (Lipinski definition) is 4. The smallest absolute Gasteiger partial charge is 0.237 e. The van der Waals surface area contributed by atoms with Gasteiger partial charge in [0, 0.05) is 19.6 Å². The van der Waals surface area contributed by atoms with E-state index in [4.69, 9.17) is 0 Å². The standard InChI is InChI=1S/C16H27N3O2S/c20-15(13-5-1-7-17-13)18-10-12-4-2-8-19(11-12)16(21)14-6-3-9-22-14/h12-14,17H,1-11H2,(H,18,20). The van der Waals surface area contributed by atoms with Gasteiger partial charge in [0.2, 0.25) is 11.8 Å². The SMILES string of the molecule is O=C(NCC1CCCN(C(=O)C2CCCS2)C1)C1CCCN1. The molecule has 3 rings (SSSR count). The van der Waals surface area contributed by atoms with E-state index in [1.165, 1.54) is 6.42 Å². The van der Waals surface area contributed by atoms with E-state index in [1.54, 1.807) is 0 Å². The Morgan fingerprint density at radius 1 is 1.18 bits per heavy atom. The molecule has 0 aromatic rings. The first-order chi connectivity index (χ1) is 10.7. The van der Waals surface area contributed by atoms with Crippen LogP contribution in [0.15, 0.2) is 0 Å². The lowest BCUT2D eigenvalue weighted by molar-refractivity contribution is -0.132. The van der Waals surface area contributed by atoms with Crippen molar-refractivity contribution in [2.45, 2.75) is 49.8 Å². The average Bonchev–Trinajstić information content (AvgIpc) is 3.25. The first-order valence-corrected chi connectivity index (χ1v) is 9.70. The summed E-state index contributed by atoms with van der Waals surface area (Å²) in [7, 11) is 0. The van der Waals surface area contributed by atoms with Crippen molar-refractivity contribution in [2.75, 3.05) is 31.9 Å². The van der Waals surface area contributed by atoms with Gasteiger partial charge in [-0.25, -0.2) is 0 Å². The molecule has 3 heterocycles. The van der Waals surface area contributed by atoms with Crippen molar-refractivity contribution in [2.24, 2.45) is 5.92 Å². The van der Waals surface area contributed by atoms with Crippen LogP contribution in [0.4, 0.5) is 0 Å². The van der Waals surface area contributed by atoms with Crippen LogP contribution in [0.2, 0.25) is 0 Å². The molecule has 6 heteroatoms. The van der Waals surface area contributed by atoms with Gasteiger partial charge in [-0.2, -0.15) is 0 Å². The predicted octanol–water partition coefficient (Wildman–Crippen LogP) is 0.989. The molecule has 124 valence electrons. The number of rotatable bonds is 4. The molecule has 0 aromatic heterocycles. The van der Waals surface area contributed by atoms with Crippen molar-refractivity contribution in [1.82, 2.24) is 15.5 Å². The second-order valence-corrected chi connectivity index (χ2v) is 8.00. The van der Waals surface area contributed by atoms with Crippen LogP contribution in [-0.4, -0.2) is 59.9 Å². The minimum atomic E-state index is -0.00351. The summed E-state index contributed by atoms with van der Waals surface area (Å²) in [5, 5.41) is 6.50. The highest BCUT2D eigenvalue weighted by Crippen LogP contribution is 2.29. The summed E-state index contributed by atoms with van der Waals surface area (Å²) in [6.45, 7) is 3.36. The third kappa shape index (κ3) is 3.96. The molecule has 22 heavy (non-hydrogen) atoms. The molecule has 3 saturated heterocycles. The topological polar surface area (TPSA) is 61.4 Å². The summed E-state index contributed by atoms with van der Waals surface area (Å²) < 4.78 is 0. The van der Waals surface area contributed by atoms with E-state index >= 15 is 0 Å². The Bertz CT molecular complexity index is 406. The minimum Gasteiger partial charge on any atom is -0.354 e. The fraction of sp³-hybridized carbons (Fsp3) is 0.875. The number of nitrogens with zero attached hydrogens (tertiary/aromatic N) is 1. The highest BCUT2D eigenvalue weighted by atomic mass is 32.2. The fourth-order valence-electron chi connectivity index (χ4n) is 3.68. The van der Waals surface area contributed by atoms with Gasteiger partial charge in [-0.3, -0.25) is 9.59 Å². The summed E-state index contributed by atoms with van der Waals surface area (Å²) in [6.07, 6.45) is 6.41. The summed E-state index contributed by atoms with van der Waals surface area (Å²) in [5.74, 6) is 2.00. The lowest BCUT2D eigenvalue weighted by Gasteiger charge is -2.34. The second-order valence-electron chi connectivity index (χ2n) is 6.69. The molecule has 3 unspecified atom stereocenters. The van der Waals surface area contributed by atoms with E-state index in [2.05, 4.69) is 10.6 Å². The van der Waals surface area contributed by atoms with Crippen molar-refractivity contribution < 1.29 is 9.59 Å². The zero-order valence-electron chi connectivity index (χ0n) is 13.2. The Labute approximate surface area is 137 Å². The molecule has 0 aliphatic carbocycles. The predicted molar refractivity (Wildman–Crippen MR) is 88.8 cm³/mol. The molecule has 0 spiro atoms. The Kier molecular flexibility index (Phi) is 5.63. The van der Waals surface area contributed by atoms with E-state index in [-0.39, 0.29) is 17.2 Å². The molecule has 5 nitrogen and oxygen atoms in total. The molecular weight excluding hydrogens is 298 g/mol.